The van der Waals surface area contributed by atoms with E-state index in [0.717, 1.165) is 33.9 Å². The SMILES string of the molecule is c1ccc(-c2cccc(N(c3ccccc3)c3cccc(-c4ccc5c6ccccc6n(-c6ccc(-c7ccccc7)cc6-c6ccccc6)c5c4)c3)c2)cc1. The molecule has 0 aliphatic carbocycles. The third kappa shape index (κ3) is 6.14. The van der Waals surface area contributed by atoms with Gasteiger partial charge in [0.15, 0.2) is 0 Å². The number of hydrogen-bond donors (Lipinski definition) is 0. The van der Waals surface area contributed by atoms with E-state index < -0.39 is 0 Å². The summed E-state index contributed by atoms with van der Waals surface area (Å²) in [5.74, 6) is 0. The first-order chi connectivity index (χ1) is 27.8. The molecule has 0 unspecified atom stereocenters. The van der Waals surface area contributed by atoms with Gasteiger partial charge < -0.3 is 9.47 Å². The summed E-state index contributed by atoms with van der Waals surface area (Å²) in [5.41, 5.74) is 16.3. The van der Waals surface area contributed by atoms with Crippen LogP contribution in [0.4, 0.5) is 17.1 Å². The maximum absolute atomic E-state index is 2.46. The van der Waals surface area contributed by atoms with Crippen LogP contribution >= 0.6 is 0 Å². The van der Waals surface area contributed by atoms with Crippen molar-refractivity contribution < 1.29 is 0 Å². The van der Waals surface area contributed by atoms with Crippen LogP contribution in [0.1, 0.15) is 0 Å². The second-order valence-electron chi connectivity index (χ2n) is 14.2. The molecule has 0 N–H and O–H groups in total. The minimum atomic E-state index is 1.10. The maximum Gasteiger partial charge on any atom is 0.0547 e. The molecular weight excluding hydrogens is 677 g/mol. The van der Waals surface area contributed by atoms with Gasteiger partial charge in [0.2, 0.25) is 0 Å². The number of fused-ring (bicyclic) bond motifs is 3. The first-order valence-electron chi connectivity index (χ1n) is 19.2. The molecule has 0 atom stereocenters. The topological polar surface area (TPSA) is 8.17 Å². The number of benzene rings is 9. The first kappa shape index (κ1) is 33.2. The normalized spacial score (nSPS) is 11.2. The molecule has 0 aliphatic rings. The van der Waals surface area contributed by atoms with Crippen LogP contribution < -0.4 is 4.90 Å². The Kier molecular flexibility index (Phi) is 8.55. The van der Waals surface area contributed by atoms with Crippen LogP contribution in [0.3, 0.4) is 0 Å². The standard InChI is InChI=1S/C54H38N2/c1-5-17-39(18-6-1)42-23-15-27-47(35-42)55(46-25-11-4-12-26-46)48-28-16-24-43(36-48)45-31-33-50-49-29-13-14-30-52(49)56(54(50)38-45)53-34-32-44(40-19-7-2-8-20-40)37-51(53)41-21-9-3-10-22-41/h1-38H. The maximum atomic E-state index is 2.46. The lowest BCUT2D eigenvalue weighted by molar-refractivity contribution is 1.18. The van der Waals surface area contributed by atoms with Gasteiger partial charge in [-0.15, -0.1) is 0 Å². The summed E-state index contributed by atoms with van der Waals surface area (Å²) in [6, 6.07) is 83.1. The van der Waals surface area contributed by atoms with Crippen molar-refractivity contribution in [3.05, 3.63) is 231 Å². The van der Waals surface area contributed by atoms with Crippen molar-refractivity contribution in [1.29, 1.82) is 0 Å². The highest BCUT2D eigenvalue weighted by Crippen LogP contribution is 2.41. The minimum Gasteiger partial charge on any atom is -0.310 e. The quantitative estimate of drug-likeness (QED) is 0.152. The van der Waals surface area contributed by atoms with Crippen LogP contribution in [-0.2, 0) is 0 Å². The van der Waals surface area contributed by atoms with E-state index in [0.29, 0.717) is 0 Å². The van der Waals surface area contributed by atoms with Gasteiger partial charge in [-0.2, -0.15) is 0 Å². The summed E-state index contributed by atoms with van der Waals surface area (Å²) >= 11 is 0. The molecule has 2 nitrogen and oxygen atoms in total. The number of hydrogen-bond acceptors (Lipinski definition) is 1. The summed E-state index contributed by atoms with van der Waals surface area (Å²) in [5, 5.41) is 2.47. The van der Waals surface area contributed by atoms with Crippen LogP contribution in [0.5, 0.6) is 0 Å². The Bertz CT molecular complexity index is 2950. The Morgan fingerprint density at radius 3 is 1.36 bits per heavy atom. The number of aromatic nitrogens is 1. The average molecular weight is 715 g/mol. The molecule has 0 aliphatic heterocycles. The molecule has 10 rings (SSSR count). The molecule has 0 radical (unpaired) electrons. The van der Waals surface area contributed by atoms with Gasteiger partial charge in [-0.25, -0.2) is 0 Å². The van der Waals surface area contributed by atoms with Gasteiger partial charge in [0.05, 0.1) is 16.7 Å². The molecule has 0 fully saturated rings. The van der Waals surface area contributed by atoms with E-state index in [9.17, 15) is 0 Å². The molecule has 0 saturated heterocycles. The van der Waals surface area contributed by atoms with Gasteiger partial charge in [0, 0.05) is 33.4 Å². The molecule has 0 amide bonds. The van der Waals surface area contributed by atoms with Gasteiger partial charge in [0.1, 0.15) is 0 Å². The Labute approximate surface area is 327 Å². The molecular formula is C54H38N2. The Hall–Kier alpha value is -7.42. The summed E-state index contributed by atoms with van der Waals surface area (Å²) in [6.45, 7) is 0. The fourth-order valence-corrected chi connectivity index (χ4v) is 8.10. The number of nitrogens with zero attached hydrogens (tertiary/aromatic N) is 2. The lowest BCUT2D eigenvalue weighted by atomic mass is 9.97. The molecule has 0 spiro atoms. The van der Waals surface area contributed by atoms with Crippen molar-refractivity contribution >= 4 is 38.9 Å². The van der Waals surface area contributed by atoms with E-state index in [1.807, 2.05) is 0 Å². The zero-order valence-corrected chi connectivity index (χ0v) is 30.8. The average Bonchev–Trinajstić information content (AvgIpc) is 3.61. The molecule has 56 heavy (non-hydrogen) atoms. The van der Waals surface area contributed by atoms with Gasteiger partial charge in [0.25, 0.3) is 0 Å². The van der Waals surface area contributed by atoms with Crippen molar-refractivity contribution in [2.75, 3.05) is 4.90 Å². The van der Waals surface area contributed by atoms with Crippen molar-refractivity contribution in [2.24, 2.45) is 0 Å². The van der Waals surface area contributed by atoms with Crippen molar-refractivity contribution in [3.63, 3.8) is 0 Å². The van der Waals surface area contributed by atoms with Gasteiger partial charge in [-0.1, -0.05) is 170 Å². The fourth-order valence-electron chi connectivity index (χ4n) is 8.10. The van der Waals surface area contributed by atoms with Crippen LogP contribution in [0.2, 0.25) is 0 Å². The van der Waals surface area contributed by atoms with E-state index in [1.54, 1.807) is 0 Å². The second-order valence-corrected chi connectivity index (χ2v) is 14.2. The van der Waals surface area contributed by atoms with Crippen molar-refractivity contribution in [2.45, 2.75) is 0 Å². The zero-order chi connectivity index (χ0) is 37.3. The second kappa shape index (κ2) is 14.4. The van der Waals surface area contributed by atoms with Crippen LogP contribution in [0.15, 0.2) is 231 Å². The zero-order valence-electron chi connectivity index (χ0n) is 30.8. The molecule has 0 saturated carbocycles. The van der Waals surface area contributed by atoms with Crippen LogP contribution in [0.25, 0.3) is 72.0 Å². The lowest BCUT2D eigenvalue weighted by Crippen LogP contribution is -2.10. The lowest BCUT2D eigenvalue weighted by Gasteiger charge is -2.26. The van der Waals surface area contributed by atoms with Crippen molar-refractivity contribution in [3.8, 4) is 50.2 Å². The number of anilines is 3. The molecule has 2 heteroatoms. The van der Waals surface area contributed by atoms with E-state index in [2.05, 4.69) is 240 Å². The highest BCUT2D eigenvalue weighted by atomic mass is 15.1. The van der Waals surface area contributed by atoms with Crippen LogP contribution in [0, 0.1) is 0 Å². The van der Waals surface area contributed by atoms with E-state index in [1.165, 1.54) is 55.2 Å². The number of rotatable bonds is 8. The van der Waals surface area contributed by atoms with Gasteiger partial charge >= 0.3 is 0 Å². The highest BCUT2D eigenvalue weighted by molar-refractivity contribution is 6.11. The summed E-state index contributed by atoms with van der Waals surface area (Å²) in [7, 11) is 0. The first-order valence-corrected chi connectivity index (χ1v) is 19.2. The summed E-state index contributed by atoms with van der Waals surface area (Å²) < 4.78 is 2.46. The third-order valence-corrected chi connectivity index (χ3v) is 10.8. The molecule has 9 aromatic carbocycles. The van der Waals surface area contributed by atoms with Gasteiger partial charge in [-0.05, 0) is 99.6 Å². The molecule has 10 aromatic rings. The monoisotopic (exact) mass is 714 g/mol. The van der Waals surface area contributed by atoms with Crippen LogP contribution in [-0.4, -0.2) is 4.57 Å². The summed E-state index contributed by atoms with van der Waals surface area (Å²) in [6.07, 6.45) is 0. The predicted molar refractivity (Wildman–Crippen MR) is 237 cm³/mol. The Morgan fingerprint density at radius 1 is 0.268 bits per heavy atom. The summed E-state index contributed by atoms with van der Waals surface area (Å²) in [4.78, 5) is 2.35. The Morgan fingerprint density at radius 2 is 0.714 bits per heavy atom. The number of para-hydroxylation sites is 2. The highest BCUT2D eigenvalue weighted by Gasteiger charge is 2.19. The third-order valence-electron chi connectivity index (χ3n) is 10.8. The molecule has 1 aromatic heterocycles. The van der Waals surface area contributed by atoms with E-state index in [4.69, 9.17) is 0 Å². The largest absolute Gasteiger partial charge is 0.310 e. The van der Waals surface area contributed by atoms with E-state index in [-0.39, 0.29) is 0 Å². The molecule has 0 bridgehead atoms. The predicted octanol–water partition coefficient (Wildman–Crippen LogP) is 14.9. The van der Waals surface area contributed by atoms with Crippen molar-refractivity contribution in [1.82, 2.24) is 4.57 Å². The minimum absolute atomic E-state index is 1.10. The fraction of sp³-hybridized carbons (Fsp3) is 0. The molecule has 1 heterocycles. The van der Waals surface area contributed by atoms with Gasteiger partial charge in [-0.3, -0.25) is 0 Å². The molecule has 264 valence electrons. The Balaban J connectivity index is 1.14. The smallest absolute Gasteiger partial charge is 0.0547 e. The van der Waals surface area contributed by atoms with E-state index >= 15 is 0 Å².